The Hall–Kier alpha value is -1.18. The Morgan fingerprint density at radius 3 is 2.00 bits per heavy atom. The van der Waals surface area contributed by atoms with Crippen LogP contribution >= 0.6 is 0 Å². The van der Waals surface area contributed by atoms with Crippen LogP contribution < -0.4 is 16.6 Å². The SMILES string of the molecule is C[N+](C)(C)CC(=O)[O-].NCCCCC(N)C(=O)O. The van der Waals surface area contributed by atoms with Crippen molar-refractivity contribution in [3.63, 3.8) is 0 Å². The first-order valence-electron chi connectivity index (χ1n) is 5.79. The highest BCUT2D eigenvalue weighted by Gasteiger charge is 2.09. The van der Waals surface area contributed by atoms with E-state index in [1.54, 1.807) is 21.1 Å². The van der Waals surface area contributed by atoms with Crippen LogP contribution in [0, 0.1) is 0 Å². The number of hydrogen-bond acceptors (Lipinski definition) is 5. The van der Waals surface area contributed by atoms with Crippen molar-refractivity contribution in [3.8, 4) is 0 Å². The highest BCUT2D eigenvalue weighted by molar-refractivity contribution is 5.72. The molecule has 0 bridgehead atoms. The van der Waals surface area contributed by atoms with E-state index in [1.165, 1.54) is 0 Å². The van der Waals surface area contributed by atoms with Crippen LogP contribution in [0.25, 0.3) is 0 Å². The largest absolute Gasteiger partial charge is 0.544 e. The van der Waals surface area contributed by atoms with Gasteiger partial charge in [0.15, 0.2) is 0 Å². The fourth-order valence-electron chi connectivity index (χ4n) is 1.02. The molecule has 1 atom stereocenters. The molecular weight excluding hydrogens is 238 g/mol. The van der Waals surface area contributed by atoms with E-state index >= 15 is 0 Å². The molecule has 0 saturated carbocycles. The molecule has 0 aliphatic carbocycles. The predicted molar refractivity (Wildman–Crippen MR) is 66.4 cm³/mol. The van der Waals surface area contributed by atoms with Crippen molar-refractivity contribution in [1.29, 1.82) is 0 Å². The lowest BCUT2D eigenvalue weighted by Crippen LogP contribution is -2.45. The Labute approximate surface area is 108 Å². The van der Waals surface area contributed by atoms with Gasteiger partial charge in [0.2, 0.25) is 0 Å². The van der Waals surface area contributed by atoms with Crippen LogP contribution in [0.5, 0.6) is 0 Å². The second kappa shape index (κ2) is 9.81. The Balaban J connectivity index is 0. The molecule has 0 aliphatic heterocycles. The van der Waals surface area contributed by atoms with Crippen molar-refractivity contribution >= 4 is 11.9 Å². The van der Waals surface area contributed by atoms with Crippen LogP contribution in [0.15, 0.2) is 0 Å². The summed E-state index contributed by atoms with van der Waals surface area (Å²) < 4.78 is 0.419. The van der Waals surface area contributed by atoms with Crippen LogP contribution in [0.1, 0.15) is 19.3 Å². The fraction of sp³-hybridized carbons (Fsp3) is 0.818. The second-order valence-corrected chi connectivity index (χ2v) is 5.05. The Bertz CT molecular complexity index is 251. The lowest BCUT2D eigenvalue weighted by atomic mass is 10.1. The van der Waals surface area contributed by atoms with Crippen molar-refractivity contribution in [2.45, 2.75) is 25.3 Å². The number of aliphatic carboxylic acids is 2. The molecule has 0 radical (unpaired) electrons. The zero-order valence-corrected chi connectivity index (χ0v) is 11.4. The summed E-state index contributed by atoms with van der Waals surface area (Å²) in [5.74, 6) is -1.94. The zero-order valence-electron chi connectivity index (χ0n) is 11.4. The van der Waals surface area contributed by atoms with Crippen molar-refractivity contribution in [2.75, 3.05) is 34.2 Å². The Morgan fingerprint density at radius 1 is 1.28 bits per heavy atom. The molecule has 18 heavy (non-hydrogen) atoms. The van der Waals surface area contributed by atoms with E-state index in [0.29, 0.717) is 17.4 Å². The first-order valence-corrected chi connectivity index (χ1v) is 5.79. The number of carbonyl (C=O) groups is 2. The van der Waals surface area contributed by atoms with Crippen molar-refractivity contribution in [2.24, 2.45) is 11.5 Å². The number of hydrogen-bond donors (Lipinski definition) is 3. The first-order chi connectivity index (χ1) is 8.10. The molecule has 1 unspecified atom stereocenters. The number of nitrogens with two attached hydrogens (primary N) is 2. The summed E-state index contributed by atoms with van der Waals surface area (Å²) >= 11 is 0. The molecule has 0 heterocycles. The van der Waals surface area contributed by atoms with E-state index in [2.05, 4.69) is 0 Å². The molecule has 0 aromatic rings. The molecule has 0 spiro atoms. The third kappa shape index (κ3) is 17.2. The average molecular weight is 263 g/mol. The van der Waals surface area contributed by atoms with Gasteiger partial charge in [0.25, 0.3) is 0 Å². The molecule has 0 fully saturated rings. The first kappa shape index (κ1) is 19.2. The molecular formula is C11H25N3O4. The van der Waals surface area contributed by atoms with E-state index in [4.69, 9.17) is 16.6 Å². The standard InChI is InChI=1S/C6H14N2O2.C5H11NO2/c7-4-2-1-3-5(8)6(9)10;1-6(2,3)4-5(7)8/h5H,1-4,7-8H2,(H,9,10);4H2,1-3H3. The van der Waals surface area contributed by atoms with Gasteiger partial charge in [-0.05, 0) is 19.4 Å². The number of carboxylic acid groups (broad SMARTS) is 2. The molecule has 7 heteroatoms. The average Bonchev–Trinajstić information content (AvgIpc) is 2.14. The maximum Gasteiger partial charge on any atom is 0.320 e. The summed E-state index contributed by atoms with van der Waals surface area (Å²) in [6.07, 6.45) is 2.16. The predicted octanol–water partition coefficient (Wildman–Crippen LogP) is -2.03. The van der Waals surface area contributed by atoms with Crippen LogP contribution in [0.4, 0.5) is 0 Å². The van der Waals surface area contributed by atoms with Gasteiger partial charge in [-0.3, -0.25) is 4.79 Å². The van der Waals surface area contributed by atoms with Gasteiger partial charge in [0.1, 0.15) is 12.6 Å². The summed E-state index contributed by atoms with van der Waals surface area (Å²) in [6, 6.07) is -0.716. The van der Waals surface area contributed by atoms with Gasteiger partial charge < -0.3 is 31.0 Å². The van der Waals surface area contributed by atoms with E-state index in [9.17, 15) is 14.7 Å². The lowest BCUT2D eigenvalue weighted by molar-refractivity contribution is -0.864. The van der Waals surface area contributed by atoms with Crippen molar-refractivity contribution in [1.82, 2.24) is 0 Å². The molecule has 5 N–H and O–H groups in total. The molecule has 108 valence electrons. The zero-order chi connectivity index (χ0) is 14.8. The highest BCUT2D eigenvalue weighted by atomic mass is 16.4. The third-order valence-corrected chi connectivity index (χ3v) is 1.89. The third-order valence-electron chi connectivity index (χ3n) is 1.89. The molecule has 0 saturated heterocycles. The second-order valence-electron chi connectivity index (χ2n) is 5.05. The van der Waals surface area contributed by atoms with E-state index in [-0.39, 0.29) is 6.54 Å². The molecule has 0 aromatic heterocycles. The maximum atomic E-state index is 10.1. The molecule has 0 aromatic carbocycles. The van der Waals surface area contributed by atoms with Crippen LogP contribution in [0.3, 0.4) is 0 Å². The van der Waals surface area contributed by atoms with Gasteiger partial charge in [-0.15, -0.1) is 0 Å². The number of rotatable bonds is 7. The topological polar surface area (TPSA) is 129 Å². The smallest absolute Gasteiger partial charge is 0.320 e. The van der Waals surface area contributed by atoms with Gasteiger partial charge >= 0.3 is 5.97 Å². The fourth-order valence-corrected chi connectivity index (χ4v) is 1.02. The summed E-state index contributed by atoms with van der Waals surface area (Å²) in [7, 11) is 5.40. The maximum absolute atomic E-state index is 10.1. The summed E-state index contributed by atoms with van der Waals surface area (Å²) in [4.78, 5) is 20.0. The number of carbonyl (C=O) groups excluding carboxylic acids is 1. The van der Waals surface area contributed by atoms with Crippen LogP contribution in [0.2, 0.25) is 0 Å². The van der Waals surface area contributed by atoms with Gasteiger partial charge in [0.05, 0.1) is 27.1 Å². The van der Waals surface area contributed by atoms with E-state index in [0.717, 1.165) is 12.8 Å². The lowest BCUT2D eigenvalue weighted by Gasteiger charge is -2.23. The normalized spacial score (nSPS) is 12.3. The van der Waals surface area contributed by atoms with Gasteiger partial charge in [-0.1, -0.05) is 6.42 Å². The monoisotopic (exact) mass is 263 g/mol. The minimum absolute atomic E-state index is 0.0694. The molecule has 7 nitrogen and oxygen atoms in total. The summed E-state index contributed by atoms with van der Waals surface area (Å²) in [5.41, 5.74) is 10.4. The summed E-state index contributed by atoms with van der Waals surface area (Å²) in [6.45, 7) is 0.673. The van der Waals surface area contributed by atoms with Crippen LogP contribution in [-0.2, 0) is 9.59 Å². The Kier molecular flexibility index (Phi) is 10.4. The number of nitrogens with zero attached hydrogens (tertiary/aromatic N) is 1. The van der Waals surface area contributed by atoms with Gasteiger partial charge in [-0.2, -0.15) is 0 Å². The van der Waals surface area contributed by atoms with Crippen molar-refractivity contribution in [3.05, 3.63) is 0 Å². The van der Waals surface area contributed by atoms with Crippen LogP contribution in [-0.4, -0.2) is 61.8 Å². The van der Waals surface area contributed by atoms with Gasteiger partial charge in [-0.25, -0.2) is 0 Å². The highest BCUT2D eigenvalue weighted by Crippen LogP contribution is 1.96. The number of carboxylic acids is 2. The van der Waals surface area contributed by atoms with Gasteiger partial charge in [0, 0.05) is 0 Å². The number of unbranched alkanes of at least 4 members (excludes halogenated alkanes) is 1. The molecule has 0 aliphatic rings. The minimum atomic E-state index is -1.00. The minimum Gasteiger partial charge on any atom is -0.544 e. The quantitative estimate of drug-likeness (QED) is 0.359. The van der Waals surface area contributed by atoms with Crippen molar-refractivity contribution < 1.29 is 24.3 Å². The Morgan fingerprint density at radius 2 is 1.78 bits per heavy atom. The number of quaternary nitrogens is 1. The van der Waals surface area contributed by atoms with E-state index in [1.807, 2.05) is 0 Å². The van der Waals surface area contributed by atoms with E-state index < -0.39 is 18.0 Å². The summed E-state index contributed by atoms with van der Waals surface area (Å²) in [5, 5.41) is 18.2. The molecule has 0 rings (SSSR count). The number of likely N-dealkylation sites (N-methyl/N-ethyl adjacent to an activating group) is 1. The molecule has 0 amide bonds.